The van der Waals surface area contributed by atoms with Crippen LogP contribution in [0.2, 0.25) is 0 Å². The summed E-state index contributed by atoms with van der Waals surface area (Å²) in [6.07, 6.45) is 11.8. The highest BCUT2D eigenvalue weighted by atomic mass is 16.5. The largest absolute Gasteiger partial charge is 0.462 e. The average molecular weight is 405 g/mol. The maximum absolute atomic E-state index is 12.0. The molecule has 0 spiro atoms. The molecule has 4 fully saturated rings. The summed E-state index contributed by atoms with van der Waals surface area (Å²) >= 11 is 0. The van der Waals surface area contributed by atoms with Crippen molar-refractivity contribution in [3.8, 4) is 0 Å². The number of ether oxygens (including phenoxy) is 2. The molecule has 4 aliphatic carbocycles. The quantitative estimate of drug-likeness (QED) is 0.566. The van der Waals surface area contributed by atoms with Crippen LogP contribution < -0.4 is 0 Å². The highest BCUT2D eigenvalue weighted by Gasteiger charge is 2.61. The van der Waals surface area contributed by atoms with Gasteiger partial charge in [0, 0.05) is 18.3 Å². The van der Waals surface area contributed by atoms with Gasteiger partial charge in [0.15, 0.2) is 0 Å². The van der Waals surface area contributed by atoms with Gasteiger partial charge in [-0.1, -0.05) is 27.7 Å². The third kappa shape index (κ3) is 3.53. The summed E-state index contributed by atoms with van der Waals surface area (Å²) in [5.41, 5.74) is 0.556. The fraction of sp³-hybridized carbons (Fsp3) is 0.920. The first-order chi connectivity index (χ1) is 13.8. The Morgan fingerprint density at radius 2 is 1.45 bits per heavy atom. The standard InChI is InChI=1S/C25H40O4/c1-5-22(26)28-17-11-13-24(3)16(15-17)7-8-18-19-9-10-21(29-23(27)6-2)25(19,4)14-12-20(18)24/h16-21H,5-15H2,1-4H3. The normalized spacial score (nSPS) is 46.2. The van der Waals surface area contributed by atoms with Gasteiger partial charge in [0.05, 0.1) is 0 Å². The van der Waals surface area contributed by atoms with Crippen LogP contribution in [-0.2, 0) is 19.1 Å². The molecule has 164 valence electrons. The lowest BCUT2D eigenvalue weighted by Gasteiger charge is -2.60. The molecule has 0 aromatic heterocycles. The van der Waals surface area contributed by atoms with Gasteiger partial charge >= 0.3 is 11.9 Å². The molecule has 0 saturated heterocycles. The van der Waals surface area contributed by atoms with Crippen molar-refractivity contribution in [2.24, 2.45) is 34.5 Å². The lowest BCUT2D eigenvalue weighted by Crippen LogP contribution is -2.54. The Morgan fingerprint density at radius 3 is 2.17 bits per heavy atom. The first kappa shape index (κ1) is 21.2. The number of carbonyl (C=O) groups is 2. The first-order valence-electron chi connectivity index (χ1n) is 12.2. The monoisotopic (exact) mass is 404 g/mol. The van der Waals surface area contributed by atoms with Crippen LogP contribution in [-0.4, -0.2) is 24.1 Å². The van der Waals surface area contributed by atoms with Crippen molar-refractivity contribution in [1.29, 1.82) is 0 Å². The van der Waals surface area contributed by atoms with Crippen molar-refractivity contribution < 1.29 is 19.1 Å². The van der Waals surface area contributed by atoms with Crippen molar-refractivity contribution in [1.82, 2.24) is 0 Å². The SMILES string of the molecule is CCC(=O)OC1CCC2(C)C(CCC3C2CCC2(C)C(OC(=O)CC)CCC32)C1. The van der Waals surface area contributed by atoms with E-state index < -0.39 is 0 Å². The molecular formula is C25H40O4. The third-order valence-electron chi connectivity index (χ3n) is 9.68. The number of esters is 2. The highest BCUT2D eigenvalue weighted by molar-refractivity contribution is 5.69. The van der Waals surface area contributed by atoms with Crippen LogP contribution in [0.15, 0.2) is 0 Å². The van der Waals surface area contributed by atoms with E-state index in [9.17, 15) is 9.59 Å². The predicted octanol–water partition coefficient (Wildman–Crippen LogP) is 5.67. The van der Waals surface area contributed by atoms with Gasteiger partial charge in [-0.25, -0.2) is 0 Å². The minimum atomic E-state index is -0.0423. The molecule has 0 heterocycles. The number of fused-ring (bicyclic) bond motifs is 5. The summed E-state index contributed by atoms with van der Waals surface area (Å²) in [5, 5.41) is 0. The second-order valence-electron chi connectivity index (χ2n) is 10.9. The molecule has 8 unspecified atom stereocenters. The molecule has 4 rings (SSSR count). The van der Waals surface area contributed by atoms with E-state index in [0.717, 1.165) is 31.1 Å². The molecule has 4 nitrogen and oxygen atoms in total. The van der Waals surface area contributed by atoms with Crippen molar-refractivity contribution in [2.75, 3.05) is 0 Å². The van der Waals surface area contributed by atoms with Crippen molar-refractivity contribution in [3.05, 3.63) is 0 Å². The zero-order chi connectivity index (χ0) is 20.8. The summed E-state index contributed by atoms with van der Waals surface area (Å²) in [4.78, 5) is 23.8. The lowest BCUT2D eigenvalue weighted by atomic mass is 9.45. The molecule has 0 aromatic carbocycles. The molecule has 0 aromatic rings. The molecule has 4 aliphatic rings. The van der Waals surface area contributed by atoms with E-state index in [-0.39, 0.29) is 29.6 Å². The Balaban J connectivity index is 1.47. The van der Waals surface area contributed by atoms with E-state index in [0.29, 0.717) is 30.1 Å². The molecule has 0 aliphatic heterocycles. The zero-order valence-electron chi connectivity index (χ0n) is 18.9. The summed E-state index contributed by atoms with van der Waals surface area (Å²) in [5.74, 6) is 2.86. The lowest BCUT2D eigenvalue weighted by molar-refractivity contribution is -0.169. The molecule has 0 bridgehead atoms. The third-order valence-corrected chi connectivity index (χ3v) is 9.68. The molecule has 29 heavy (non-hydrogen) atoms. The summed E-state index contributed by atoms with van der Waals surface area (Å²) < 4.78 is 11.6. The van der Waals surface area contributed by atoms with Gasteiger partial charge in [-0.2, -0.15) is 0 Å². The topological polar surface area (TPSA) is 52.6 Å². The second-order valence-corrected chi connectivity index (χ2v) is 10.9. The fourth-order valence-electron chi connectivity index (χ4n) is 7.98. The van der Waals surface area contributed by atoms with Gasteiger partial charge in [-0.05, 0) is 86.9 Å². The Labute approximate surface area is 176 Å². The number of rotatable bonds is 4. The van der Waals surface area contributed by atoms with Gasteiger partial charge in [0.2, 0.25) is 0 Å². The minimum Gasteiger partial charge on any atom is -0.462 e. The van der Waals surface area contributed by atoms with Crippen molar-refractivity contribution >= 4 is 11.9 Å². The van der Waals surface area contributed by atoms with Crippen LogP contribution in [0.5, 0.6) is 0 Å². The molecule has 8 atom stereocenters. The Morgan fingerprint density at radius 1 is 0.793 bits per heavy atom. The van der Waals surface area contributed by atoms with Crippen LogP contribution in [0.3, 0.4) is 0 Å². The Kier molecular flexibility index (Phi) is 5.76. The van der Waals surface area contributed by atoms with Gasteiger partial charge < -0.3 is 9.47 Å². The van der Waals surface area contributed by atoms with Gasteiger partial charge in [-0.3, -0.25) is 9.59 Å². The van der Waals surface area contributed by atoms with E-state index in [1.54, 1.807) is 0 Å². The maximum Gasteiger partial charge on any atom is 0.305 e. The van der Waals surface area contributed by atoms with Gasteiger partial charge in [0.25, 0.3) is 0 Å². The van der Waals surface area contributed by atoms with E-state index in [1.807, 2.05) is 13.8 Å². The predicted molar refractivity (Wildman–Crippen MR) is 112 cm³/mol. The molecule has 0 N–H and O–H groups in total. The maximum atomic E-state index is 12.0. The van der Waals surface area contributed by atoms with Gasteiger partial charge in [0.1, 0.15) is 12.2 Å². The number of carbonyl (C=O) groups excluding carboxylic acids is 2. The van der Waals surface area contributed by atoms with Crippen molar-refractivity contribution in [2.45, 2.75) is 111 Å². The minimum absolute atomic E-state index is 0.0328. The molecule has 4 heteroatoms. The van der Waals surface area contributed by atoms with E-state index in [1.165, 1.54) is 38.5 Å². The van der Waals surface area contributed by atoms with Crippen LogP contribution in [0.4, 0.5) is 0 Å². The smallest absolute Gasteiger partial charge is 0.305 e. The second kappa shape index (κ2) is 7.89. The first-order valence-corrected chi connectivity index (χ1v) is 12.2. The Hall–Kier alpha value is -1.06. The van der Waals surface area contributed by atoms with E-state index >= 15 is 0 Å². The van der Waals surface area contributed by atoms with Crippen LogP contribution in [0.25, 0.3) is 0 Å². The number of hydrogen-bond acceptors (Lipinski definition) is 4. The van der Waals surface area contributed by atoms with Crippen molar-refractivity contribution in [3.63, 3.8) is 0 Å². The van der Waals surface area contributed by atoms with Crippen LogP contribution in [0.1, 0.15) is 98.3 Å². The average Bonchev–Trinajstić information content (AvgIpc) is 3.04. The molecule has 0 amide bonds. The van der Waals surface area contributed by atoms with Gasteiger partial charge in [-0.15, -0.1) is 0 Å². The van der Waals surface area contributed by atoms with E-state index in [4.69, 9.17) is 9.47 Å². The summed E-state index contributed by atoms with van der Waals surface area (Å²) in [6.45, 7) is 8.72. The van der Waals surface area contributed by atoms with Crippen LogP contribution in [0, 0.1) is 34.5 Å². The summed E-state index contributed by atoms with van der Waals surface area (Å²) in [7, 11) is 0. The highest BCUT2D eigenvalue weighted by Crippen LogP contribution is 2.66. The number of hydrogen-bond donors (Lipinski definition) is 0. The molecular weight excluding hydrogens is 364 g/mol. The van der Waals surface area contributed by atoms with Crippen LogP contribution >= 0.6 is 0 Å². The zero-order valence-corrected chi connectivity index (χ0v) is 18.9. The van der Waals surface area contributed by atoms with E-state index in [2.05, 4.69) is 13.8 Å². The summed E-state index contributed by atoms with van der Waals surface area (Å²) in [6, 6.07) is 0. The molecule has 0 radical (unpaired) electrons. The Bertz CT molecular complexity index is 645. The fourth-order valence-corrected chi connectivity index (χ4v) is 7.98. The molecule has 4 saturated carbocycles.